The molecule has 0 amide bonds. The van der Waals surface area contributed by atoms with Crippen molar-refractivity contribution in [2.24, 2.45) is 0 Å². The van der Waals surface area contributed by atoms with Crippen molar-refractivity contribution in [2.75, 3.05) is 6.54 Å². The number of hydrogen-bond donors (Lipinski definition) is 2. The lowest BCUT2D eigenvalue weighted by Gasteiger charge is -2.08. The summed E-state index contributed by atoms with van der Waals surface area (Å²) in [5.74, 6) is -2.60. The second-order valence-electron chi connectivity index (χ2n) is 4.71. The summed E-state index contributed by atoms with van der Waals surface area (Å²) in [7, 11) is -3.83. The van der Waals surface area contributed by atoms with E-state index in [4.69, 9.17) is 5.11 Å². The van der Waals surface area contributed by atoms with Crippen LogP contribution in [0.1, 0.15) is 15.9 Å². The number of benzene rings is 2. The molecule has 0 fully saturated rings. The Labute approximate surface area is 131 Å². The molecule has 0 aliphatic rings. The van der Waals surface area contributed by atoms with Gasteiger partial charge in [0.15, 0.2) is 0 Å². The molecule has 0 aromatic heterocycles. The molecule has 2 N–H and O–H groups in total. The van der Waals surface area contributed by atoms with E-state index in [1.54, 1.807) is 0 Å². The first kappa shape index (κ1) is 17.0. The Morgan fingerprint density at radius 1 is 1.09 bits per heavy atom. The molecule has 23 heavy (non-hydrogen) atoms. The van der Waals surface area contributed by atoms with Gasteiger partial charge in [-0.15, -0.1) is 0 Å². The molecular formula is C15H13F2NO4S. The number of carbonyl (C=O) groups is 1. The predicted octanol–water partition coefficient (Wildman–Crippen LogP) is 2.18. The highest BCUT2D eigenvalue weighted by Crippen LogP contribution is 2.12. The SMILES string of the molecule is O=C(O)c1ccc(S(=O)(=O)NCCc2ccc(F)cc2F)cc1. The van der Waals surface area contributed by atoms with Gasteiger partial charge in [0.05, 0.1) is 10.5 Å². The highest BCUT2D eigenvalue weighted by atomic mass is 32.2. The van der Waals surface area contributed by atoms with E-state index in [0.29, 0.717) is 0 Å². The highest BCUT2D eigenvalue weighted by Gasteiger charge is 2.14. The van der Waals surface area contributed by atoms with Crippen LogP contribution < -0.4 is 4.72 Å². The Morgan fingerprint density at radius 2 is 1.74 bits per heavy atom. The van der Waals surface area contributed by atoms with E-state index in [1.807, 2.05) is 0 Å². The van der Waals surface area contributed by atoms with Gasteiger partial charge in [0, 0.05) is 12.6 Å². The summed E-state index contributed by atoms with van der Waals surface area (Å²) in [5.41, 5.74) is 0.160. The maximum Gasteiger partial charge on any atom is 0.335 e. The Bertz CT molecular complexity index is 820. The minimum Gasteiger partial charge on any atom is -0.478 e. The van der Waals surface area contributed by atoms with E-state index < -0.39 is 27.6 Å². The topological polar surface area (TPSA) is 83.5 Å². The third kappa shape index (κ3) is 4.33. The molecule has 8 heteroatoms. The van der Waals surface area contributed by atoms with E-state index in [1.165, 1.54) is 30.3 Å². The summed E-state index contributed by atoms with van der Waals surface area (Å²) in [4.78, 5) is 10.6. The van der Waals surface area contributed by atoms with Gasteiger partial charge in [0.1, 0.15) is 11.6 Å². The van der Waals surface area contributed by atoms with Gasteiger partial charge in [0.25, 0.3) is 0 Å². The molecule has 0 unspecified atom stereocenters. The van der Waals surface area contributed by atoms with Gasteiger partial charge in [-0.3, -0.25) is 0 Å². The molecule has 0 saturated carbocycles. The fourth-order valence-corrected chi connectivity index (χ4v) is 2.94. The molecule has 2 aromatic rings. The lowest BCUT2D eigenvalue weighted by atomic mass is 10.1. The van der Waals surface area contributed by atoms with Crippen molar-refractivity contribution in [3.05, 3.63) is 65.2 Å². The summed E-state index contributed by atoms with van der Waals surface area (Å²) in [6, 6.07) is 7.77. The average Bonchev–Trinajstić information content (AvgIpc) is 2.49. The second-order valence-corrected chi connectivity index (χ2v) is 6.48. The molecule has 2 aromatic carbocycles. The van der Waals surface area contributed by atoms with Crippen molar-refractivity contribution in [2.45, 2.75) is 11.3 Å². The number of carboxylic acids is 1. The van der Waals surface area contributed by atoms with Crippen LogP contribution in [0.3, 0.4) is 0 Å². The summed E-state index contributed by atoms with van der Waals surface area (Å²) >= 11 is 0. The first-order chi connectivity index (χ1) is 10.8. The van der Waals surface area contributed by atoms with Crippen LogP contribution in [-0.4, -0.2) is 26.0 Å². The monoisotopic (exact) mass is 341 g/mol. The number of carboxylic acid groups (broad SMARTS) is 1. The lowest BCUT2D eigenvalue weighted by molar-refractivity contribution is 0.0696. The number of hydrogen-bond acceptors (Lipinski definition) is 3. The van der Waals surface area contributed by atoms with Crippen molar-refractivity contribution in [1.29, 1.82) is 0 Å². The number of sulfonamides is 1. The maximum atomic E-state index is 13.4. The molecule has 0 aliphatic heterocycles. The average molecular weight is 341 g/mol. The third-order valence-corrected chi connectivity index (χ3v) is 4.59. The van der Waals surface area contributed by atoms with Gasteiger partial charge in [-0.05, 0) is 42.3 Å². The summed E-state index contributed by atoms with van der Waals surface area (Å²) in [6.45, 7) is -0.0778. The van der Waals surface area contributed by atoms with Crippen LogP contribution in [0.25, 0.3) is 0 Å². The first-order valence-corrected chi connectivity index (χ1v) is 8.05. The summed E-state index contributed by atoms with van der Waals surface area (Å²) in [6.07, 6.45) is 0.0541. The zero-order chi connectivity index (χ0) is 17.0. The van der Waals surface area contributed by atoms with E-state index in [2.05, 4.69) is 4.72 Å². The van der Waals surface area contributed by atoms with Crippen molar-refractivity contribution >= 4 is 16.0 Å². The third-order valence-electron chi connectivity index (χ3n) is 3.11. The Kier molecular flexibility index (Phi) is 5.07. The Hall–Kier alpha value is -2.32. The molecular weight excluding hydrogens is 328 g/mol. The summed E-state index contributed by atoms with van der Waals surface area (Å²) < 4.78 is 52.6. The molecule has 5 nitrogen and oxygen atoms in total. The number of halogens is 2. The lowest BCUT2D eigenvalue weighted by Crippen LogP contribution is -2.26. The quantitative estimate of drug-likeness (QED) is 0.844. The fourth-order valence-electron chi connectivity index (χ4n) is 1.90. The number of aromatic carboxylic acids is 1. The second kappa shape index (κ2) is 6.84. The van der Waals surface area contributed by atoms with E-state index >= 15 is 0 Å². The molecule has 0 heterocycles. The van der Waals surface area contributed by atoms with E-state index in [0.717, 1.165) is 12.1 Å². The normalized spacial score (nSPS) is 11.4. The van der Waals surface area contributed by atoms with E-state index in [9.17, 15) is 22.0 Å². The number of rotatable bonds is 6. The minimum absolute atomic E-state index is 0.0302. The summed E-state index contributed by atoms with van der Waals surface area (Å²) in [5, 5.41) is 8.76. The van der Waals surface area contributed by atoms with Gasteiger partial charge in [-0.1, -0.05) is 6.07 Å². The molecule has 0 saturated heterocycles. The Balaban J connectivity index is 2.02. The van der Waals surface area contributed by atoms with Gasteiger partial charge in [0.2, 0.25) is 10.0 Å². The highest BCUT2D eigenvalue weighted by molar-refractivity contribution is 7.89. The molecule has 0 bridgehead atoms. The molecule has 0 atom stereocenters. The fraction of sp³-hybridized carbons (Fsp3) is 0.133. The molecule has 0 radical (unpaired) electrons. The van der Waals surface area contributed by atoms with Gasteiger partial charge >= 0.3 is 5.97 Å². The molecule has 0 spiro atoms. The van der Waals surface area contributed by atoms with Crippen LogP contribution in [0.4, 0.5) is 8.78 Å². The van der Waals surface area contributed by atoms with Crippen LogP contribution in [0, 0.1) is 11.6 Å². The Morgan fingerprint density at radius 3 is 2.30 bits per heavy atom. The zero-order valence-corrected chi connectivity index (χ0v) is 12.6. The van der Waals surface area contributed by atoms with E-state index in [-0.39, 0.29) is 29.0 Å². The van der Waals surface area contributed by atoms with Crippen molar-refractivity contribution in [1.82, 2.24) is 4.72 Å². The van der Waals surface area contributed by atoms with Gasteiger partial charge < -0.3 is 5.11 Å². The van der Waals surface area contributed by atoms with Gasteiger partial charge in [-0.25, -0.2) is 26.7 Å². The molecule has 0 aliphatic carbocycles. The largest absolute Gasteiger partial charge is 0.478 e. The first-order valence-electron chi connectivity index (χ1n) is 6.56. The standard InChI is InChI=1S/C15H13F2NO4S/c16-12-4-1-10(14(17)9-12)7-8-18-23(21,22)13-5-2-11(3-6-13)15(19)20/h1-6,9,18H,7-8H2,(H,19,20). The van der Waals surface area contributed by atoms with Crippen LogP contribution >= 0.6 is 0 Å². The van der Waals surface area contributed by atoms with Gasteiger partial charge in [-0.2, -0.15) is 0 Å². The van der Waals surface area contributed by atoms with Crippen molar-refractivity contribution in [3.8, 4) is 0 Å². The van der Waals surface area contributed by atoms with Crippen LogP contribution in [0.2, 0.25) is 0 Å². The van der Waals surface area contributed by atoms with Crippen LogP contribution in [-0.2, 0) is 16.4 Å². The molecule has 2 rings (SSSR count). The zero-order valence-electron chi connectivity index (χ0n) is 11.8. The van der Waals surface area contributed by atoms with Crippen molar-refractivity contribution < 1.29 is 27.1 Å². The smallest absolute Gasteiger partial charge is 0.335 e. The predicted molar refractivity (Wildman–Crippen MR) is 78.7 cm³/mol. The van der Waals surface area contributed by atoms with Crippen LogP contribution in [0.15, 0.2) is 47.4 Å². The number of nitrogens with one attached hydrogen (secondary N) is 1. The maximum absolute atomic E-state index is 13.4. The van der Waals surface area contributed by atoms with Crippen molar-refractivity contribution in [3.63, 3.8) is 0 Å². The minimum atomic E-state index is -3.83. The van der Waals surface area contributed by atoms with Crippen LogP contribution in [0.5, 0.6) is 0 Å². The molecule has 122 valence electrons.